The van der Waals surface area contributed by atoms with Crippen molar-refractivity contribution in [3.05, 3.63) is 11.8 Å². The van der Waals surface area contributed by atoms with Crippen molar-refractivity contribution in [2.24, 2.45) is 5.73 Å². The average Bonchev–Trinajstić information content (AvgIpc) is 1.80. The summed E-state index contributed by atoms with van der Waals surface area (Å²) in [4.78, 5) is 12.4. The third-order valence-corrected chi connectivity index (χ3v) is 1.42. The molecule has 3 nitrogen and oxygen atoms in total. The molecule has 0 fully saturated rings. The van der Waals surface area contributed by atoms with Crippen LogP contribution in [0.2, 0.25) is 0 Å². The van der Waals surface area contributed by atoms with Crippen LogP contribution in [-0.2, 0) is 4.79 Å². The molecule has 1 aliphatic rings. The number of amides is 1. The second-order valence-corrected chi connectivity index (χ2v) is 2.23. The molecule has 9 heavy (non-hydrogen) atoms. The minimum Gasteiger partial charge on any atom is -0.402 e. The number of carbonyl (C=O) groups is 1. The molecule has 0 aromatic carbocycles. The van der Waals surface area contributed by atoms with Crippen LogP contribution in [0.4, 0.5) is 0 Å². The molecule has 0 spiro atoms. The second kappa shape index (κ2) is 2.09. The molecule has 0 aromatic rings. The van der Waals surface area contributed by atoms with Gasteiger partial charge in [-0.1, -0.05) is 0 Å². The summed E-state index contributed by atoms with van der Waals surface area (Å²) in [6, 6.07) is 0. The first-order chi connectivity index (χ1) is 4.20. The van der Waals surface area contributed by atoms with E-state index >= 15 is 0 Å². The average molecular weight is 126 g/mol. The molecule has 0 radical (unpaired) electrons. The van der Waals surface area contributed by atoms with Crippen molar-refractivity contribution in [3.63, 3.8) is 0 Å². The summed E-state index contributed by atoms with van der Waals surface area (Å²) >= 11 is 0. The van der Waals surface area contributed by atoms with Gasteiger partial charge in [-0.15, -0.1) is 0 Å². The molecule has 2 N–H and O–H groups in total. The number of nitrogens with two attached hydrogens (primary N) is 1. The Balaban J connectivity index is 2.70. The fourth-order valence-corrected chi connectivity index (χ4v) is 0.748. The van der Waals surface area contributed by atoms with Gasteiger partial charge in [0.05, 0.1) is 0 Å². The summed E-state index contributed by atoms with van der Waals surface area (Å²) in [7, 11) is 1.77. The van der Waals surface area contributed by atoms with Gasteiger partial charge in [0, 0.05) is 31.8 Å². The Morgan fingerprint density at radius 3 is 2.89 bits per heavy atom. The maximum atomic E-state index is 10.8. The van der Waals surface area contributed by atoms with Crippen LogP contribution in [0.5, 0.6) is 0 Å². The number of carbonyl (C=O) groups excluding carboxylic acids is 1. The lowest BCUT2D eigenvalue weighted by Crippen LogP contribution is -2.31. The van der Waals surface area contributed by atoms with E-state index in [1.54, 1.807) is 11.9 Å². The lowest BCUT2D eigenvalue weighted by Gasteiger charge is -2.19. The van der Waals surface area contributed by atoms with Gasteiger partial charge in [0.1, 0.15) is 0 Å². The minimum atomic E-state index is 0.0127. The van der Waals surface area contributed by atoms with Crippen molar-refractivity contribution < 1.29 is 4.79 Å². The SMILES string of the molecule is CN1CCC(N)=CC1=O. The first kappa shape index (κ1) is 6.13. The van der Waals surface area contributed by atoms with Gasteiger partial charge in [0.2, 0.25) is 5.91 Å². The Hall–Kier alpha value is -0.990. The van der Waals surface area contributed by atoms with Crippen molar-refractivity contribution in [3.8, 4) is 0 Å². The summed E-state index contributed by atoms with van der Waals surface area (Å²) in [5, 5.41) is 0. The summed E-state index contributed by atoms with van der Waals surface area (Å²) in [6.45, 7) is 0.751. The van der Waals surface area contributed by atoms with Crippen LogP contribution < -0.4 is 5.73 Å². The third kappa shape index (κ3) is 1.22. The monoisotopic (exact) mass is 126 g/mol. The van der Waals surface area contributed by atoms with Gasteiger partial charge in [0.25, 0.3) is 0 Å². The second-order valence-electron chi connectivity index (χ2n) is 2.23. The highest BCUT2D eigenvalue weighted by molar-refractivity contribution is 5.88. The Morgan fingerprint density at radius 1 is 1.78 bits per heavy atom. The summed E-state index contributed by atoms with van der Waals surface area (Å²) in [6.07, 6.45) is 2.28. The van der Waals surface area contributed by atoms with Crippen LogP contribution in [0.3, 0.4) is 0 Å². The van der Waals surface area contributed by atoms with E-state index in [4.69, 9.17) is 5.73 Å². The van der Waals surface area contributed by atoms with Gasteiger partial charge >= 0.3 is 0 Å². The molecule has 0 saturated carbocycles. The van der Waals surface area contributed by atoms with E-state index in [2.05, 4.69) is 0 Å². The number of nitrogens with zero attached hydrogens (tertiary/aromatic N) is 1. The fourth-order valence-electron chi connectivity index (χ4n) is 0.748. The van der Waals surface area contributed by atoms with E-state index in [1.165, 1.54) is 6.08 Å². The highest BCUT2D eigenvalue weighted by Crippen LogP contribution is 2.03. The lowest BCUT2D eigenvalue weighted by atomic mass is 10.2. The van der Waals surface area contributed by atoms with E-state index in [0.29, 0.717) is 5.70 Å². The van der Waals surface area contributed by atoms with Crippen LogP contribution in [0, 0.1) is 0 Å². The maximum Gasteiger partial charge on any atom is 0.248 e. The molecular formula is C6H10N2O. The van der Waals surface area contributed by atoms with Gasteiger partial charge in [-0.05, 0) is 0 Å². The van der Waals surface area contributed by atoms with Crippen molar-refractivity contribution in [1.82, 2.24) is 4.90 Å². The smallest absolute Gasteiger partial charge is 0.248 e. The number of rotatable bonds is 0. The zero-order valence-corrected chi connectivity index (χ0v) is 5.42. The van der Waals surface area contributed by atoms with E-state index in [0.717, 1.165) is 13.0 Å². The summed E-state index contributed by atoms with van der Waals surface area (Å²) in [5.74, 6) is 0.0127. The highest BCUT2D eigenvalue weighted by Gasteiger charge is 2.11. The largest absolute Gasteiger partial charge is 0.402 e. The van der Waals surface area contributed by atoms with E-state index < -0.39 is 0 Å². The van der Waals surface area contributed by atoms with Gasteiger partial charge in [-0.25, -0.2) is 0 Å². The Kier molecular flexibility index (Phi) is 1.42. The van der Waals surface area contributed by atoms with Gasteiger partial charge in [-0.2, -0.15) is 0 Å². The number of hydrogen-bond donors (Lipinski definition) is 1. The van der Waals surface area contributed by atoms with Crippen LogP contribution in [0.25, 0.3) is 0 Å². The zero-order valence-electron chi connectivity index (χ0n) is 5.42. The lowest BCUT2D eigenvalue weighted by molar-refractivity contribution is -0.125. The maximum absolute atomic E-state index is 10.8. The first-order valence-electron chi connectivity index (χ1n) is 2.91. The zero-order chi connectivity index (χ0) is 6.85. The fraction of sp³-hybridized carbons (Fsp3) is 0.500. The molecule has 0 saturated heterocycles. The van der Waals surface area contributed by atoms with Crippen molar-refractivity contribution in [1.29, 1.82) is 0 Å². The molecule has 0 aromatic heterocycles. The molecule has 50 valence electrons. The molecule has 1 amide bonds. The van der Waals surface area contributed by atoms with Gasteiger partial charge < -0.3 is 10.6 Å². The van der Waals surface area contributed by atoms with Gasteiger partial charge in [0.15, 0.2) is 0 Å². The van der Waals surface area contributed by atoms with Crippen LogP contribution in [0.15, 0.2) is 11.8 Å². The molecule has 0 unspecified atom stereocenters. The predicted molar refractivity (Wildman–Crippen MR) is 34.5 cm³/mol. The standard InChI is InChI=1S/C6H10N2O/c1-8-3-2-5(7)4-6(8)9/h4H,2-3,7H2,1H3. The van der Waals surface area contributed by atoms with E-state index in [1.807, 2.05) is 0 Å². The molecule has 1 aliphatic heterocycles. The normalized spacial score (nSPS) is 19.9. The molecule has 1 heterocycles. The van der Waals surface area contributed by atoms with Crippen molar-refractivity contribution >= 4 is 5.91 Å². The Labute approximate surface area is 54.1 Å². The van der Waals surface area contributed by atoms with E-state index in [9.17, 15) is 4.79 Å². The number of hydrogen-bond acceptors (Lipinski definition) is 2. The summed E-state index contributed by atoms with van der Waals surface area (Å²) in [5.41, 5.74) is 6.09. The van der Waals surface area contributed by atoms with Crippen molar-refractivity contribution in [2.75, 3.05) is 13.6 Å². The molecule has 1 rings (SSSR count). The molecule has 0 atom stereocenters. The third-order valence-electron chi connectivity index (χ3n) is 1.42. The molecular weight excluding hydrogens is 116 g/mol. The topological polar surface area (TPSA) is 46.3 Å². The van der Waals surface area contributed by atoms with Crippen LogP contribution in [0.1, 0.15) is 6.42 Å². The van der Waals surface area contributed by atoms with Crippen LogP contribution >= 0.6 is 0 Å². The van der Waals surface area contributed by atoms with Gasteiger partial charge in [-0.3, -0.25) is 4.79 Å². The quantitative estimate of drug-likeness (QED) is 0.484. The molecule has 0 bridgehead atoms. The van der Waals surface area contributed by atoms with Crippen molar-refractivity contribution in [2.45, 2.75) is 6.42 Å². The minimum absolute atomic E-state index is 0.0127. The highest BCUT2D eigenvalue weighted by atomic mass is 16.2. The van der Waals surface area contributed by atoms with E-state index in [-0.39, 0.29) is 5.91 Å². The number of likely N-dealkylation sites (N-methyl/N-ethyl adjacent to an activating group) is 1. The Bertz CT molecular complexity index is 162. The Morgan fingerprint density at radius 2 is 2.44 bits per heavy atom. The molecule has 0 aliphatic carbocycles. The summed E-state index contributed by atoms with van der Waals surface area (Å²) < 4.78 is 0. The predicted octanol–water partition coefficient (Wildman–Crippen LogP) is -0.309. The van der Waals surface area contributed by atoms with Crippen LogP contribution in [-0.4, -0.2) is 24.4 Å². The molecule has 3 heteroatoms. The first-order valence-corrected chi connectivity index (χ1v) is 2.91.